The second kappa shape index (κ2) is 19.2. The van der Waals surface area contributed by atoms with E-state index in [-0.39, 0.29) is 48.5 Å². The van der Waals surface area contributed by atoms with Gasteiger partial charge in [0.1, 0.15) is 58.7 Å². The summed E-state index contributed by atoms with van der Waals surface area (Å²) in [6.07, 6.45) is 0.467. The molecular weight excluding hydrogens is 850 g/mol. The standard InChI is InChI=1S/C45H60ClN7O9S/c1-9-27-18-45(27,42(56)57)51-40(54)34-16-30(19-53(34)41(55)38(23(2)3)50-44(58)62-29-14-25(6)26(7)15-29)61-36-17-32(33-22-63-43(49-33)47-24(4)5)48-39-31(36)10-11-35(37(39)46)60-21-28-20-59-13-12-52(28)8/h10-11,17,22,24-30,34,38H,2,9,12-16,18-21H2,1,3-8H3,(H,47,49)(H,50,58)(H,51,54)(H,56,57)/t25-,26?,27-,28+,29+,30-,34+,38+,45-/m1/s1. The number of likely N-dealkylation sites (N-methyl/N-ethyl adjacent to an activating group) is 1. The molecule has 4 fully saturated rings. The lowest BCUT2D eigenvalue weighted by atomic mass is 10.0. The second-order valence-electron chi connectivity index (χ2n) is 18.1. The van der Waals surface area contributed by atoms with Gasteiger partial charge in [0.15, 0.2) is 5.13 Å². The minimum Gasteiger partial charge on any atom is -0.490 e. The smallest absolute Gasteiger partial charge is 0.408 e. The molecule has 0 spiro atoms. The van der Waals surface area contributed by atoms with Crippen molar-refractivity contribution in [3.05, 3.63) is 40.8 Å². The number of benzene rings is 1. The number of nitrogens with zero attached hydrogens (tertiary/aromatic N) is 4. The Bertz CT molecular complexity index is 2210. The van der Waals surface area contributed by atoms with Gasteiger partial charge in [-0.1, -0.05) is 45.4 Å². The van der Waals surface area contributed by atoms with Crippen molar-refractivity contribution in [2.45, 2.75) is 116 Å². The van der Waals surface area contributed by atoms with Crippen molar-refractivity contribution in [2.75, 3.05) is 45.3 Å². The van der Waals surface area contributed by atoms with Crippen molar-refractivity contribution in [3.63, 3.8) is 0 Å². The summed E-state index contributed by atoms with van der Waals surface area (Å²) in [5.74, 6) is -1.03. The first-order valence-electron chi connectivity index (χ1n) is 21.9. The van der Waals surface area contributed by atoms with E-state index in [1.165, 1.54) is 16.2 Å². The number of nitrogens with one attached hydrogen (secondary N) is 3. The van der Waals surface area contributed by atoms with Crippen LogP contribution in [0.4, 0.5) is 9.93 Å². The van der Waals surface area contributed by atoms with Crippen LogP contribution in [0, 0.1) is 17.8 Å². The number of ether oxygens (including phenoxy) is 4. The van der Waals surface area contributed by atoms with Gasteiger partial charge in [-0.25, -0.2) is 19.6 Å². The van der Waals surface area contributed by atoms with Gasteiger partial charge in [-0.3, -0.25) is 14.5 Å². The zero-order valence-electron chi connectivity index (χ0n) is 37.1. The molecule has 4 heterocycles. The van der Waals surface area contributed by atoms with Gasteiger partial charge in [-0.05, 0) is 82.5 Å². The molecule has 2 aliphatic heterocycles. The number of likely N-dealkylation sites (tertiary alicyclic amines) is 1. The van der Waals surface area contributed by atoms with Crippen LogP contribution in [0.5, 0.6) is 11.5 Å². The number of carbonyl (C=O) groups excluding carboxylic acids is 3. The predicted molar refractivity (Wildman–Crippen MR) is 240 cm³/mol. The van der Waals surface area contributed by atoms with E-state index in [4.69, 9.17) is 40.5 Å². The lowest BCUT2D eigenvalue weighted by molar-refractivity contribution is -0.145. The van der Waals surface area contributed by atoms with Gasteiger partial charge in [0.2, 0.25) is 11.8 Å². The topological polar surface area (TPSA) is 194 Å². The van der Waals surface area contributed by atoms with Crippen LogP contribution in [0.15, 0.2) is 35.7 Å². The summed E-state index contributed by atoms with van der Waals surface area (Å²) in [4.78, 5) is 67.9. The highest BCUT2D eigenvalue weighted by Crippen LogP contribution is 2.46. The minimum atomic E-state index is -1.44. The number of fused-ring (bicyclic) bond motifs is 1. The minimum absolute atomic E-state index is 0.0134. The number of hydrogen-bond donors (Lipinski definition) is 4. The highest BCUT2D eigenvalue weighted by molar-refractivity contribution is 7.14. The van der Waals surface area contributed by atoms with Crippen molar-refractivity contribution in [1.82, 2.24) is 30.4 Å². The lowest BCUT2D eigenvalue weighted by Gasteiger charge is -2.32. The number of carboxylic acids is 1. The molecule has 63 heavy (non-hydrogen) atoms. The number of anilines is 1. The molecule has 2 saturated carbocycles. The average Bonchev–Trinajstić information content (AvgIpc) is 3.47. The van der Waals surface area contributed by atoms with Crippen LogP contribution in [0.1, 0.15) is 73.6 Å². The Hall–Kier alpha value is -4.71. The first kappa shape index (κ1) is 46.3. The number of alkyl carbamates (subject to hydrolysis) is 1. The first-order valence-corrected chi connectivity index (χ1v) is 23.1. The van der Waals surface area contributed by atoms with Crippen molar-refractivity contribution in [1.29, 1.82) is 0 Å². The molecule has 3 aromatic rings. The van der Waals surface area contributed by atoms with Crippen molar-refractivity contribution in [2.24, 2.45) is 17.8 Å². The van der Waals surface area contributed by atoms with E-state index in [9.17, 15) is 24.3 Å². The van der Waals surface area contributed by atoms with Crippen LogP contribution in [0.2, 0.25) is 5.02 Å². The van der Waals surface area contributed by atoms with E-state index >= 15 is 0 Å². The molecule has 1 unspecified atom stereocenters. The zero-order valence-corrected chi connectivity index (χ0v) is 38.6. The number of morpholine rings is 1. The van der Waals surface area contributed by atoms with Gasteiger partial charge in [-0.15, -0.1) is 11.3 Å². The summed E-state index contributed by atoms with van der Waals surface area (Å²) in [6.45, 7) is 18.0. The first-order chi connectivity index (χ1) is 30.0. The van der Waals surface area contributed by atoms with E-state index < -0.39 is 47.6 Å². The molecule has 342 valence electrons. The Balaban J connectivity index is 1.20. The Morgan fingerprint density at radius 2 is 1.84 bits per heavy atom. The number of pyridine rings is 1. The summed E-state index contributed by atoms with van der Waals surface area (Å²) < 4.78 is 24.5. The zero-order chi connectivity index (χ0) is 45.3. The molecule has 2 saturated heterocycles. The fourth-order valence-corrected chi connectivity index (χ4v) is 9.97. The summed E-state index contributed by atoms with van der Waals surface area (Å²) in [6, 6.07) is 3.14. The van der Waals surface area contributed by atoms with Gasteiger partial charge in [0.05, 0.1) is 37.0 Å². The quantitative estimate of drug-likeness (QED) is 0.116. The Morgan fingerprint density at radius 3 is 2.49 bits per heavy atom. The monoisotopic (exact) mass is 909 g/mol. The van der Waals surface area contributed by atoms with E-state index in [2.05, 4.69) is 41.3 Å². The Kier molecular flexibility index (Phi) is 14.1. The molecular formula is C45H60ClN7O9S. The van der Waals surface area contributed by atoms with Crippen molar-refractivity contribution in [3.8, 4) is 22.9 Å². The summed E-state index contributed by atoms with van der Waals surface area (Å²) in [5.41, 5.74) is 0.354. The van der Waals surface area contributed by atoms with Crippen LogP contribution in [0.25, 0.3) is 22.3 Å². The average molecular weight is 911 g/mol. The van der Waals surface area contributed by atoms with Gasteiger partial charge in [0.25, 0.3) is 0 Å². The number of amides is 3. The third-order valence-electron chi connectivity index (χ3n) is 13.0. The van der Waals surface area contributed by atoms with Crippen LogP contribution >= 0.6 is 22.9 Å². The molecule has 18 heteroatoms. The number of halogens is 1. The summed E-state index contributed by atoms with van der Waals surface area (Å²) in [5, 5.41) is 22.5. The molecule has 9 atom stereocenters. The van der Waals surface area contributed by atoms with Gasteiger partial charge >= 0.3 is 12.1 Å². The maximum absolute atomic E-state index is 14.6. The molecule has 4 aliphatic rings. The van der Waals surface area contributed by atoms with Gasteiger partial charge in [0, 0.05) is 35.8 Å². The fourth-order valence-electron chi connectivity index (χ4n) is 8.85. The number of hydrogen-bond acceptors (Lipinski definition) is 13. The van der Waals surface area contributed by atoms with Gasteiger partial charge < -0.3 is 44.9 Å². The molecule has 3 amide bonds. The predicted octanol–water partition coefficient (Wildman–Crippen LogP) is 6.36. The molecule has 2 aliphatic carbocycles. The number of thiazole rings is 1. The number of aromatic nitrogens is 2. The number of aliphatic carboxylic acids is 1. The highest BCUT2D eigenvalue weighted by Gasteiger charge is 2.61. The van der Waals surface area contributed by atoms with E-state index in [1.807, 2.05) is 39.3 Å². The van der Waals surface area contributed by atoms with E-state index in [1.54, 1.807) is 19.1 Å². The van der Waals surface area contributed by atoms with Crippen LogP contribution in [-0.2, 0) is 23.9 Å². The van der Waals surface area contributed by atoms with Crippen molar-refractivity contribution < 1.29 is 43.2 Å². The second-order valence-corrected chi connectivity index (χ2v) is 19.3. The van der Waals surface area contributed by atoms with Crippen LogP contribution in [-0.4, -0.2) is 131 Å². The van der Waals surface area contributed by atoms with Crippen LogP contribution in [0.3, 0.4) is 0 Å². The normalized spacial score (nSPS) is 27.5. The largest absolute Gasteiger partial charge is 0.490 e. The Labute approximate surface area is 377 Å². The Morgan fingerprint density at radius 1 is 1.10 bits per heavy atom. The molecule has 2 aromatic heterocycles. The lowest BCUT2D eigenvalue weighted by Crippen LogP contribution is -2.56. The maximum atomic E-state index is 14.6. The highest BCUT2D eigenvalue weighted by atomic mass is 35.5. The van der Waals surface area contributed by atoms with Crippen molar-refractivity contribution >= 4 is 62.8 Å². The molecule has 0 radical (unpaired) electrons. The summed E-state index contributed by atoms with van der Waals surface area (Å²) in [7, 11) is 2.03. The number of carboxylic acid groups (broad SMARTS) is 1. The summed E-state index contributed by atoms with van der Waals surface area (Å²) >= 11 is 8.55. The van der Waals surface area contributed by atoms with Gasteiger partial charge in [-0.2, -0.15) is 0 Å². The van der Waals surface area contributed by atoms with Crippen LogP contribution < -0.4 is 25.4 Å². The number of carbonyl (C=O) groups is 4. The number of rotatable bonds is 16. The molecule has 4 N–H and O–H groups in total. The third kappa shape index (κ3) is 10.2. The third-order valence-corrected chi connectivity index (χ3v) is 14.1. The molecule has 0 bridgehead atoms. The maximum Gasteiger partial charge on any atom is 0.408 e. The van der Waals surface area contributed by atoms with E-state index in [0.717, 1.165) is 6.54 Å². The van der Waals surface area contributed by atoms with E-state index in [0.29, 0.717) is 95.4 Å². The molecule has 1 aromatic carbocycles. The molecule has 7 rings (SSSR count). The molecule has 16 nitrogen and oxygen atoms in total. The SMILES string of the molecule is C=C(C)[C@H](NC(=O)O[C@@H]1CC(C)[C@H](C)C1)C(=O)N1C[C@H](Oc2cc(-c3csc(NC(C)C)n3)nc3c(Cl)c(OC[C@@H]4COCCN4C)ccc23)C[C@H]1C(=O)N[C@]1(C(=O)O)C[C@H]1CC. The fraction of sp³-hybridized carbons (Fsp3) is 0.600.